The predicted octanol–water partition coefficient (Wildman–Crippen LogP) is 2.26. The topological polar surface area (TPSA) is 54.0 Å². The Hall–Kier alpha value is -1.63. The molecule has 2 unspecified atom stereocenters. The highest BCUT2D eigenvalue weighted by Gasteiger charge is 2.32. The summed E-state index contributed by atoms with van der Waals surface area (Å²) in [5, 5.41) is 3.19. The highest BCUT2D eigenvalue weighted by molar-refractivity contribution is 5.74. The fourth-order valence-electron chi connectivity index (χ4n) is 4.02. The number of hydrogen-bond acceptors (Lipinski definition) is 4. The first-order valence-corrected chi connectivity index (χ1v) is 10.1. The second-order valence-corrected chi connectivity index (χ2v) is 7.53. The van der Waals surface area contributed by atoms with Gasteiger partial charge in [0, 0.05) is 51.3 Å². The van der Waals surface area contributed by atoms with Crippen LogP contribution in [0.2, 0.25) is 0 Å². The number of benzene rings is 1. The molecule has 2 fully saturated rings. The van der Waals surface area contributed by atoms with Gasteiger partial charge in [0.05, 0.1) is 19.8 Å². The number of morpholine rings is 1. The lowest BCUT2D eigenvalue weighted by molar-refractivity contribution is 0.00186. The van der Waals surface area contributed by atoms with Gasteiger partial charge in [-0.05, 0) is 25.8 Å². The van der Waals surface area contributed by atoms with Crippen LogP contribution >= 0.6 is 0 Å². The molecular weight excluding hydrogens is 342 g/mol. The fourth-order valence-corrected chi connectivity index (χ4v) is 4.02. The molecule has 2 heterocycles. The van der Waals surface area contributed by atoms with Gasteiger partial charge in [-0.15, -0.1) is 0 Å². The van der Waals surface area contributed by atoms with Gasteiger partial charge >= 0.3 is 6.03 Å². The van der Waals surface area contributed by atoms with E-state index in [0.29, 0.717) is 31.6 Å². The molecule has 3 rings (SSSR count). The van der Waals surface area contributed by atoms with Crippen LogP contribution in [-0.4, -0.2) is 74.5 Å². The van der Waals surface area contributed by atoms with Crippen molar-refractivity contribution >= 4 is 6.03 Å². The van der Waals surface area contributed by atoms with Crippen LogP contribution in [0.4, 0.5) is 4.79 Å². The quantitative estimate of drug-likeness (QED) is 0.794. The van der Waals surface area contributed by atoms with Crippen molar-refractivity contribution in [2.45, 2.75) is 32.9 Å². The lowest BCUT2D eigenvalue weighted by Gasteiger charge is -2.37. The zero-order chi connectivity index (χ0) is 19.1. The molecule has 27 heavy (non-hydrogen) atoms. The number of hydrogen-bond donors (Lipinski definition) is 1. The van der Waals surface area contributed by atoms with Crippen molar-refractivity contribution in [2.75, 3.05) is 52.6 Å². The van der Waals surface area contributed by atoms with Gasteiger partial charge in [0.1, 0.15) is 0 Å². The number of aryl methyl sites for hydroxylation is 1. The first kappa shape index (κ1) is 20.1. The molecule has 150 valence electrons. The van der Waals surface area contributed by atoms with Gasteiger partial charge in [-0.3, -0.25) is 4.90 Å². The van der Waals surface area contributed by atoms with E-state index in [2.05, 4.69) is 35.3 Å². The average molecular weight is 376 g/mol. The van der Waals surface area contributed by atoms with Crippen LogP contribution in [0.25, 0.3) is 0 Å². The van der Waals surface area contributed by atoms with Gasteiger partial charge < -0.3 is 19.7 Å². The minimum Gasteiger partial charge on any atom is -0.381 e. The molecule has 2 atom stereocenters. The molecule has 6 nitrogen and oxygen atoms in total. The number of carbonyl (C=O) groups is 1. The van der Waals surface area contributed by atoms with Crippen LogP contribution in [0.3, 0.4) is 0 Å². The van der Waals surface area contributed by atoms with Crippen molar-refractivity contribution in [3.63, 3.8) is 0 Å². The van der Waals surface area contributed by atoms with Gasteiger partial charge in [-0.1, -0.05) is 29.8 Å². The van der Waals surface area contributed by atoms with E-state index in [1.807, 2.05) is 17.9 Å². The predicted molar refractivity (Wildman–Crippen MR) is 106 cm³/mol. The molecule has 0 saturated carbocycles. The zero-order valence-corrected chi connectivity index (χ0v) is 16.7. The Bertz CT molecular complexity index is 598. The zero-order valence-electron chi connectivity index (χ0n) is 16.7. The SMILES string of the molecule is CCN(Cc1cccc(C)c1)C(=O)NCC(C1CCOC1)N1CCOCC1. The first-order valence-electron chi connectivity index (χ1n) is 10.1. The number of nitrogens with one attached hydrogen (secondary N) is 1. The average Bonchev–Trinajstić information content (AvgIpc) is 3.21. The molecule has 2 saturated heterocycles. The van der Waals surface area contributed by atoms with Gasteiger partial charge in [0.2, 0.25) is 0 Å². The maximum Gasteiger partial charge on any atom is 0.317 e. The number of rotatable bonds is 7. The molecule has 2 amide bonds. The molecule has 1 N–H and O–H groups in total. The third kappa shape index (κ3) is 5.67. The standard InChI is InChI=1S/C21H33N3O3/c1-3-23(15-18-6-4-5-17(2)13-18)21(25)22-14-20(19-7-10-27-16-19)24-8-11-26-12-9-24/h4-6,13,19-20H,3,7-12,14-16H2,1-2H3,(H,22,25). The van der Waals surface area contributed by atoms with Crippen molar-refractivity contribution in [3.05, 3.63) is 35.4 Å². The van der Waals surface area contributed by atoms with E-state index in [0.717, 1.165) is 45.9 Å². The summed E-state index contributed by atoms with van der Waals surface area (Å²) < 4.78 is 11.1. The molecule has 6 heteroatoms. The minimum atomic E-state index is 0.0104. The summed E-state index contributed by atoms with van der Waals surface area (Å²) in [6.45, 7) is 11.1. The molecule has 0 aromatic heterocycles. The Morgan fingerprint density at radius 3 is 2.78 bits per heavy atom. The maximum absolute atomic E-state index is 12.8. The lowest BCUT2D eigenvalue weighted by atomic mass is 9.97. The van der Waals surface area contributed by atoms with Gasteiger partial charge in [0.15, 0.2) is 0 Å². The van der Waals surface area contributed by atoms with Crippen molar-refractivity contribution < 1.29 is 14.3 Å². The van der Waals surface area contributed by atoms with E-state index in [1.54, 1.807) is 0 Å². The van der Waals surface area contributed by atoms with Crippen LogP contribution in [0.5, 0.6) is 0 Å². The molecule has 0 spiro atoms. The number of nitrogens with zero attached hydrogens (tertiary/aromatic N) is 2. The summed E-state index contributed by atoms with van der Waals surface area (Å²) in [5.74, 6) is 0.482. The minimum absolute atomic E-state index is 0.0104. The molecule has 1 aromatic rings. The smallest absolute Gasteiger partial charge is 0.317 e. The number of amides is 2. The highest BCUT2D eigenvalue weighted by Crippen LogP contribution is 2.22. The Balaban J connectivity index is 1.58. The lowest BCUT2D eigenvalue weighted by Crippen LogP contribution is -2.53. The number of urea groups is 1. The number of ether oxygens (including phenoxy) is 2. The Morgan fingerprint density at radius 2 is 2.11 bits per heavy atom. The second kappa shape index (κ2) is 10.1. The van der Waals surface area contributed by atoms with E-state index in [9.17, 15) is 4.79 Å². The van der Waals surface area contributed by atoms with E-state index in [4.69, 9.17) is 9.47 Å². The summed E-state index contributed by atoms with van der Waals surface area (Å²) in [6.07, 6.45) is 1.07. The molecule has 0 bridgehead atoms. The highest BCUT2D eigenvalue weighted by atomic mass is 16.5. The van der Waals surface area contributed by atoms with Gasteiger partial charge in [-0.2, -0.15) is 0 Å². The van der Waals surface area contributed by atoms with Crippen LogP contribution in [-0.2, 0) is 16.0 Å². The summed E-state index contributed by atoms with van der Waals surface area (Å²) in [4.78, 5) is 17.1. The molecule has 2 aliphatic heterocycles. The summed E-state index contributed by atoms with van der Waals surface area (Å²) >= 11 is 0. The van der Waals surface area contributed by atoms with Crippen molar-refractivity contribution in [3.8, 4) is 0 Å². The molecule has 1 aromatic carbocycles. The van der Waals surface area contributed by atoms with Crippen LogP contribution < -0.4 is 5.32 Å². The fraction of sp³-hybridized carbons (Fsp3) is 0.667. The largest absolute Gasteiger partial charge is 0.381 e. The monoisotopic (exact) mass is 375 g/mol. The van der Waals surface area contributed by atoms with E-state index in [1.165, 1.54) is 11.1 Å². The maximum atomic E-state index is 12.8. The molecule has 2 aliphatic rings. The molecule has 0 aliphatic carbocycles. The van der Waals surface area contributed by atoms with Crippen LogP contribution in [0, 0.1) is 12.8 Å². The summed E-state index contributed by atoms with van der Waals surface area (Å²) in [6, 6.07) is 8.67. The molecule has 0 radical (unpaired) electrons. The van der Waals surface area contributed by atoms with E-state index < -0.39 is 0 Å². The Labute approximate surface area is 162 Å². The van der Waals surface area contributed by atoms with Crippen molar-refractivity contribution in [1.29, 1.82) is 0 Å². The normalized spacial score (nSPS) is 21.8. The second-order valence-electron chi connectivity index (χ2n) is 7.53. The summed E-state index contributed by atoms with van der Waals surface area (Å²) in [7, 11) is 0. The third-order valence-corrected chi connectivity index (χ3v) is 5.61. The van der Waals surface area contributed by atoms with Crippen LogP contribution in [0.1, 0.15) is 24.5 Å². The van der Waals surface area contributed by atoms with E-state index >= 15 is 0 Å². The van der Waals surface area contributed by atoms with Gasteiger partial charge in [0.25, 0.3) is 0 Å². The van der Waals surface area contributed by atoms with Crippen LogP contribution in [0.15, 0.2) is 24.3 Å². The first-order chi connectivity index (χ1) is 13.2. The van der Waals surface area contributed by atoms with Crippen molar-refractivity contribution in [1.82, 2.24) is 15.1 Å². The Morgan fingerprint density at radius 1 is 1.30 bits per heavy atom. The molecular formula is C21H33N3O3. The van der Waals surface area contributed by atoms with E-state index in [-0.39, 0.29) is 6.03 Å². The van der Waals surface area contributed by atoms with Crippen molar-refractivity contribution in [2.24, 2.45) is 5.92 Å². The third-order valence-electron chi connectivity index (χ3n) is 5.61. The Kier molecular flexibility index (Phi) is 7.50. The van der Waals surface area contributed by atoms with Gasteiger partial charge in [-0.25, -0.2) is 4.79 Å². The summed E-state index contributed by atoms with van der Waals surface area (Å²) in [5.41, 5.74) is 2.39. The number of carbonyl (C=O) groups excluding carboxylic acids is 1.